The average Bonchev–Trinajstić information content (AvgIpc) is 2.91. The highest BCUT2D eigenvalue weighted by Crippen LogP contribution is 2.43. The van der Waals surface area contributed by atoms with Gasteiger partial charge in [0, 0.05) is 19.4 Å². The Morgan fingerprint density at radius 1 is 0.667 bits per heavy atom. The molecule has 0 heterocycles. The number of hydrogen-bond acceptors (Lipinski definition) is 8. The second-order valence-electron chi connectivity index (χ2n) is 10.3. The molecule has 0 aromatic heterocycles. The minimum Gasteiger partial charge on any atom is -0.462 e. The van der Waals surface area contributed by atoms with E-state index in [1.165, 1.54) is 77.0 Å². The van der Waals surface area contributed by atoms with Crippen LogP contribution in [-0.2, 0) is 32.7 Å². The van der Waals surface area contributed by atoms with Gasteiger partial charge in [0.2, 0.25) is 0 Å². The fraction of sp³-hybridized carbons (Fsp3) is 0.931. The maximum absolute atomic E-state index is 12.3. The second-order valence-corrected chi connectivity index (χ2v) is 11.8. The first-order valence-corrected chi connectivity index (χ1v) is 17.0. The lowest BCUT2D eigenvalue weighted by Crippen LogP contribution is -2.29. The molecule has 0 rings (SSSR count). The third-order valence-corrected chi connectivity index (χ3v) is 7.48. The number of phosphoric ester groups is 1. The summed E-state index contributed by atoms with van der Waals surface area (Å²) in [6.07, 6.45) is 20.7. The largest absolute Gasteiger partial charge is 0.472 e. The van der Waals surface area contributed by atoms with Crippen LogP contribution in [0.2, 0.25) is 0 Å². The van der Waals surface area contributed by atoms with Gasteiger partial charge >= 0.3 is 19.8 Å². The predicted molar refractivity (Wildman–Crippen MR) is 155 cm³/mol. The molecule has 2 atom stereocenters. The molecule has 0 spiro atoms. The Kier molecular flexibility index (Phi) is 26.5. The van der Waals surface area contributed by atoms with E-state index < -0.39 is 32.5 Å². The monoisotopic (exact) mass is 579 g/mol. The lowest BCUT2D eigenvalue weighted by molar-refractivity contribution is -0.161. The molecule has 0 saturated carbocycles. The Morgan fingerprint density at radius 2 is 1.10 bits per heavy atom. The molecule has 0 aliphatic heterocycles. The van der Waals surface area contributed by atoms with Gasteiger partial charge in [0.25, 0.3) is 0 Å². The number of esters is 2. The number of carbonyl (C=O) groups is 2. The van der Waals surface area contributed by atoms with Crippen LogP contribution >= 0.6 is 7.82 Å². The van der Waals surface area contributed by atoms with Crippen LogP contribution in [0.4, 0.5) is 0 Å². The highest BCUT2D eigenvalue weighted by Gasteiger charge is 2.25. The van der Waals surface area contributed by atoms with Gasteiger partial charge in [-0.2, -0.15) is 0 Å². The highest BCUT2D eigenvalue weighted by molar-refractivity contribution is 7.47. The summed E-state index contributed by atoms with van der Waals surface area (Å²) < 4.78 is 32.1. The summed E-state index contributed by atoms with van der Waals surface area (Å²) in [5.41, 5.74) is 5.28. The molecule has 0 saturated heterocycles. The summed E-state index contributed by atoms with van der Waals surface area (Å²) in [5.74, 6) is -0.852. The van der Waals surface area contributed by atoms with Gasteiger partial charge in [-0.15, -0.1) is 0 Å². The standard InChI is InChI=1S/C29H58NO8P/c1-3-5-7-8-9-10-11-12-13-14-15-16-17-18-20-22-29(32)38-27(25-35-28(31)21-19-6-4-2)26-37-39(33,34)36-24-23-30/h27H,3-26,30H2,1-2H3,(H,33,34)/t27-/m1/s1. The molecule has 0 aliphatic rings. The van der Waals surface area contributed by atoms with Gasteiger partial charge in [0.15, 0.2) is 6.10 Å². The molecule has 3 N–H and O–H groups in total. The third-order valence-electron chi connectivity index (χ3n) is 6.49. The van der Waals surface area contributed by atoms with E-state index in [9.17, 15) is 19.0 Å². The zero-order chi connectivity index (χ0) is 29.0. The van der Waals surface area contributed by atoms with Crippen LogP contribution in [0.1, 0.15) is 142 Å². The Labute approximate surface area is 237 Å². The van der Waals surface area contributed by atoms with Crippen LogP contribution < -0.4 is 5.73 Å². The maximum Gasteiger partial charge on any atom is 0.472 e. The van der Waals surface area contributed by atoms with E-state index in [0.717, 1.165) is 25.7 Å². The van der Waals surface area contributed by atoms with Gasteiger partial charge < -0.3 is 20.1 Å². The Hall–Kier alpha value is -0.990. The van der Waals surface area contributed by atoms with Crippen molar-refractivity contribution in [3.63, 3.8) is 0 Å². The summed E-state index contributed by atoms with van der Waals surface area (Å²) in [5, 5.41) is 0. The molecule has 10 heteroatoms. The molecule has 9 nitrogen and oxygen atoms in total. The van der Waals surface area contributed by atoms with Crippen molar-refractivity contribution in [3.8, 4) is 0 Å². The first-order chi connectivity index (χ1) is 18.8. The molecule has 0 aliphatic carbocycles. The lowest BCUT2D eigenvalue weighted by atomic mass is 10.0. The van der Waals surface area contributed by atoms with Crippen molar-refractivity contribution in [1.82, 2.24) is 0 Å². The number of unbranched alkanes of at least 4 members (excludes halogenated alkanes) is 16. The van der Waals surface area contributed by atoms with E-state index in [2.05, 4.69) is 6.92 Å². The van der Waals surface area contributed by atoms with Crippen molar-refractivity contribution in [1.29, 1.82) is 0 Å². The number of carbonyl (C=O) groups excluding carboxylic acids is 2. The summed E-state index contributed by atoms with van der Waals surface area (Å²) in [6, 6.07) is 0. The summed E-state index contributed by atoms with van der Waals surface area (Å²) in [6.45, 7) is 3.53. The normalized spacial score (nSPS) is 13.6. The Morgan fingerprint density at radius 3 is 1.62 bits per heavy atom. The molecule has 0 bridgehead atoms. The van der Waals surface area contributed by atoms with Crippen LogP contribution in [0.3, 0.4) is 0 Å². The number of ether oxygens (including phenoxy) is 2. The van der Waals surface area contributed by atoms with E-state index in [-0.39, 0.29) is 32.6 Å². The quantitative estimate of drug-likeness (QED) is 0.0529. The van der Waals surface area contributed by atoms with Crippen molar-refractivity contribution in [2.75, 3.05) is 26.4 Å². The molecule has 0 fully saturated rings. The fourth-order valence-electron chi connectivity index (χ4n) is 4.16. The minimum atomic E-state index is -4.34. The van der Waals surface area contributed by atoms with Crippen LogP contribution in [0.5, 0.6) is 0 Å². The number of hydrogen-bond donors (Lipinski definition) is 2. The van der Waals surface area contributed by atoms with Crippen LogP contribution in [0.15, 0.2) is 0 Å². The Balaban J connectivity index is 4.09. The van der Waals surface area contributed by atoms with E-state index in [1.54, 1.807) is 0 Å². The molecular formula is C29H58NO8P. The molecular weight excluding hydrogens is 521 g/mol. The Bertz CT molecular complexity index is 634. The molecule has 0 amide bonds. The molecule has 0 aromatic carbocycles. The zero-order valence-corrected chi connectivity index (χ0v) is 25.8. The maximum atomic E-state index is 12.3. The van der Waals surface area contributed by atoms with Crippen molar-refractivity contribution in [2.24, 2.45) is 5.73 Å². The van der Waals surface area contributed by atoms with Gasteiger partial charge in [-0.05, 0) is 12.8 Å². The summed E-state index contributed by atoms with van der Waals surface area (Å²) >= 11 is 0. The number of rotatable bonds is 29. The van der Waals surface area contributed by atoms with Crippen molar-refractivity contribution in [2.45, 2.75) is 148 Å². The smallest absolute Gasteiger partial charge is 0.462 e. The number of phosphoric acid groups is 1. The van der Waals surface area contributed by atoms with Gasteiger partial charge in [0.05, 0.1) is 13.2 Å². The predicted octanol–water partition coefficient (Wildman–Crippen LogP) is 7.38. The SMILES string of the molecule is CCCCCCCCCCCCCCCCCC(=O)O[C@H](COC(=O)CCCCC)COP(=O)(O)OCCN. The van der Waals surface area contributed by atoms with E-state index in [4.69, 9.17) is 24.3 Å². The second kappa shape index (κ2) is 27.2. The topological polar surface area (TPSA) is 134 Å². The molecule has 1 unspecified atom stereocenters. The van der Waals surface area contributed by atoms with E-state index in [1.807, 2.05) is 6.92 Å². The van der Waals surface area contributed by atoms with Crippen molar-refractivity contribution < 1.29 is 37.6 Å². The van der Waals surface area contributed by atoms with Crippen molar-refractivity contribution >= 4 is 19.8 Å². The van der Waals surface area contributed by atoms with Gasteiger partial charge in [-0.1, -0.05) is 117 Å². The van der Waals surface area contributed by atoms with Gasteiger partial charge in [-0.3, -0.25) is 18.6 Å². The molecule has 232 valence electrons. The zero-order valence-electron chi connectivity index (χ0n) is 24.9. The van der Waals surface area contributed by atoms with E-state index >= 15 is 0 Å². The summed E-state index contributed by atoms with van der Waals surface area (Å²) in [4.78, 5) is 34.0. The van der Waals surface area contributed by atoms with Crippen LogP contribution in [-0.4, -0.2) is 49.3 Å². The van der Waals surface area contributed by atoms with E-state index in [0.29, 0.717) is 12.8 Å². The molecule has 0 aromatic rings. The van der Waals surface area contributed by atoms with Gasteiger partial charge in [-0.25, -0.2) is 4.57 Å². The first kappa shape index (κ1) is 38.0. The summed E-state index contributed by atoms with van der Waals surface area (Å²) in [7, 11) is -4.34. The van der Waals surface area contributed by atoms with Gasteiger partial charge in [0.1, 0.15) is 6.61 Å². The van der Waals surface area contributed by atoms with Crippen LogP contribution in [0, 0.1) is 0 Å². The highest BCUT2D eigenvalue weighted by atomic mass is 31.2. The molecule has 0 radical (unpaired) electrons. The minimum absolute atomic E-state index is 0.0565. The number of nitrogens with two attached hydrogens (primary N) is 1. The fourth-order valence-corrected chi connectivity index (χ4v) is 4.93. The lowest BCUT2D eigenvalue weighted by Gasteiger charge is -2.19. The third kappa shape index (κ3) is 27.0. The molecule has 39 heavy (non-hydrogen) atoms. The van der Waals surface area contributed by atoms with Crippen LogP contribution in [0.25, 0.3) is 0 Å². The average molecular weight is 580 g/mol. The van der Waals surface area contributed by atoms with Crippen molar-refractivity contribution in [3.05, 3.63) is 0 Å². The first-order valence-electron chi connectivity index (χ1n) is 15.5.